The molecule has 0 fully saturated rings. The summed E-state index contributed by atoms with van der Waals surface area (Å²) in [7, 11) is 0. The van der Waals surface area contributed by atoms with E-state index in [4.69, 9.17) is 0 Å². The molecule has 0 N–H and O–H groups in total. The van der Waals surface area contributed by atoms with Crippen molar-refractivity contribution < 1.29 is 0 Å². The van der Waals surface area contributed by atoms with Gasteiger partial charge in [0.05, 0.1) is 17.1 Å². The van der Waals surface area contributed by atoms with Crippen LogP contribution < -0.4 is 5.56 Å². The van der Waals surface area contributed by atoms with Gasteiger partial charge in [-0.15, -0.1) is 11.8 Å². The van der Waals surface area contributed by atoms with Crippen molar-refractivity contribution in [1.29, 1.82) is 0 Å². The summed E-state index contributed by atoms with van der Waals surface area (Å²) in [5.41, 5.74) is 1.50. The fourth-order valence-electron chi connectivity index (χ4n) is 2.51. The molecule has 0 aliphatic carbocycles. The number of aromatic nitrogens is 2. The smallest absolute Gasteiger partial charge is 0.267 e. The number of halogens is 1. The van der Waals surface area contributed by atoms with Crippen LogP contribution in [0.15, 0.2) is 61.7 Å². The lowest BCUT2D eigenvalue weighted by atomic mass is 10.2. The number of fused-ring (bicyclic) bond motifs is 1. The van der Waals surface area contributed by atoms with Crippen LogP contribution in [-0.4, -0.2) is 22.1 Å². The summed E-state index contributed by atoms with van der Waals surface area (Å²) in [6.45, 7) is 2.06. The second-order valence-electron chi connectivity index (χ2n) is 5.57. The molecule has 4 nitrogen and oxygen atoms in total. The molecule has 0 spiro atoms. The molecule has 0 saturated heterocycles. The number of aryl methyl sites for hydroxylation is 1. The molecule has 0 bridgehead atoms. The van der Waals surface area contributed by atoms with E-state index in [1.54, 1.807) is 24.0 Å². The van der Waals surface area contributed by atoms with Crippen molar-refractivity contribution in [1.82, 2.24) is 9.66 Å². The Hall–Kier alpha value is -1.92. The third-order valence-corrected chi connectivity index (χ3v) is 5.02. The lowest BCUT2D eigenvalue weighted by molar-refractivity contribution is 0.704. The van der Waals surface area contributed by atoms with Gasteiger partial charge in [0, 0.05) is 15.8 Å². The van der Waals surface area contributed by atoms with Crippen LogP contribution in [-0.2, 0) is 6.42 Å². The molecule has 0 aliphatic rings. The molecular formula is C19H18BrN3OS. The normalized spacial score (nSPS) is 11.5. The maximum absolute atomic E-state index is 12.9. The van der Waals surface area contributed by atoms with Crippen molar-refractivity contribution in [3.63, 3.8) is 0 Å². The van der Waals surface area contributed by atoms with Crippen molar-refractivity contribution in [3.05, 3.63) is 68.7 Å². The van der Waals surface area contributed by atoms with Crippen LogP contribution in [0.3, 0.4) is 0 Å². The zero-order chi connectivity index (χ0) is 17.8. The summed E-state index contributed by atoms with van der Waals surface area (Å²) in [6.07, 6.45) is 5.34. The average molecular weight is 416 g/mol. The zero-order valence-corrected chi connectivity index (χ0v) is 16.5. The summed E-state index contributed by atoms with van der Waals surface area (Å²) >= 11 is 5.11. The molecule has 0 atom stereocenters. The van der Waals surface area contributed by atoms with Crippen molar-refractivity contribution >= 4 is 44.8 Å². The molecule has 0 aliphatic heterocycles. The van der Waals surface area contributed by atoms with Gasteiger partial charge in [0.15, 0.2) is 0 Å². The van der Waals surface area contributed by atoms with Gasteiger partial charge in [-0.05, 0) is 48.6 Å². The monoisotopic (exact) mass is 415 g/mol. The highest BCUT2D eigenvalue weighted by Crippen LogP contribution is 2.17. The quantitative estimate of drug-likeness (QED) is 0.447. The third-order valence-electron chi connectivity index (χ3n) is 3.79. The minimum absolute atomic E-state index is 0.147. The van der Waals surface area contributed by atoms with Gasteiger partial charge >= 0.3 is 0 Å². The Labute approximate surface area is 159 Å². The van der Waals surface area contributed by atoms with E-state index in [1.165, 1.54) is 9.57 Å². The Balaban J connectivity index is 2.08. The Morgan fingerprint density at radius 1 is 1.24 bits per heavy atom. The van der Waals surface area contributed by atoms with Gasteiger partial charge in [-0.2, -0.15) is 9.78 Å². The van der Waals surface area contributed by atoms with E-state index in [2.05, 4.69) is 32.9 Å². The molecule has 128 valence electrons. The number of benzene rings is 2. The Morgan fingerprint density at radius 3 is 2.68 bits per heavy atom. The number of rotatable bonds is 5. The molecule has 0 unspecified atom stereocenters. The summed E-state index contributed by atoms with van der Waals surface area (Å²) in [6, 6.07) is 13.6. The van der Waals surface area contributed by atoms with Gasteiger partial charge in [-0.1, -0.05) is 35.0 Å². The lowest BCUT2D eigenvalue weighted by Crippen LogP contribution is -2.22. The van der Waals surface area contributed by atoms with E-state index in [0.717, 1.165) is 16.5 Å². The van der Waals surface area contributed by atoms with Gasteiger partial charge in [-0.25, -0.2) is 4.98 Å². The van der Waals surface area contributed by atoms with Crippen molar-refractivity contribution in [2.24, 2.45) is 5.10 Å². The fraction of sp³-hybridized carbons (Fsp3) is 0.211. The molecule has 0 saturated carbocycles. The molecular weight excluding hydrogens is 398 g/mol. The van der Waals surface area contributed by atoms with E-state index in [0.29, 0.717) is 23.1 Å². The summed E-state index contributed by atoms with van der Waals surface area (Å²) in [5.74, 6) is 0.680. The first-order valence-electron chi connectivity index (χ1n) is 8.02. The second kappa shape index (κ2) is 7.97. The molecule has 3 aromatic rings. The number of hydrogen-bond acceptors (Lipinski definition) is 4. The first kappa shape index (κ1) is 17.9. The highest BCUT2D eigenvalue weighted by molar-refractivity contribution is 9.10. The van der Waals surface area contributed by atoms with E-state index < -0.39 is 0 Å². The number of thioether (sulfide) groups is 1. The molecule has 6 heteroatoms. The van der Waals surface area contributed by atoms with E-state index in [1.807, 2.05) is 42.7 Å². The second-order valence-corrected chi connectivity index (χ2v) is 7.37. The fourth-order valence-corrected chi connectivity index (χ4v) is 3.28. The van der Waals surface area contributed by atoms with Gasteiger partial charge < -0.3 is 0 Å². The summed E-state index contributed by atoms with van der Waals surface area (Å²) in [5, 5.41) is 4.98. The van der Waals surface area contributed by atoms with Crippen molar-refractivity contribution in [3.8, 4) is 0 Å². The first-order valence-corrected chi connectivity index (χ1v) is 10.0. The first-order chi connectivity index (χ1) is 12.1. The van der Waals surface area contributed by atoms with E-state index >= 15 is 0 Å². The Kier molecular flexibility index (Phi) is 5.71. The van der Waals surface area contributed by atoms with Crippen LogP contribution in [0.25, 0.3) is 10.9 Å². The third kappa shape index (κ3) is 4.02. The predicted molar refractivity (Wildman–Crippen MR) is 109 cm³/mol. The SMILES string of the molecule is CCCc1nc2ccc(Br)cc2c(=O)n1N=Cc1ccc(SC)cc1. The predicted octanol–water partition coefficient (Wildman–Crippen LogP) is 4.72. The molecule has 0 radical (unpaired) electrons. The zero-order valence-electron chi connectivity index (χ0n) is 14.1. The van der Waals surface area contributed by atoms with Crippen LogP contribution in [0.4, 0.5) is 0 Å². The van der Waals surface area contributed by atoms with Crippen LogP contribution in [0, 0.1) is 0 Å². The standard InChI is InChI=1S/C19H18BrN3OS/c1-3-4-18-22-17-10-7-14(20)11-16(17)19(24)23(18)21-12-13-5-8-15(25-2)9-6-13/h5-12H,3-4H2,1-2H3. The van der Waals surface area contributed by atoms with Crippen LogP contribution in [0.5, 0.6) is 0 Å². The molecule has 1 heterocycles. The molecule has 1 aromatic heterocycles. The molecule has 3 rings (SSSR count). The average Bonchev–Trinajstić information content (AvgIpc) is 2.63. The number of hydrogen-bond donors (Lipinski definition) is 0. The van der Waals surface area contributed by atoms with Crippen LogP contribution in [0.2, 0.25) is 0 Å². The molecule has 2 aromatic carbocycles. The van der Waals surface area contributed by atoms with Crippen LogP contribution >= 0.6 is 27.7 Å². The van der Waals surface area contributed by atoms with Crippen molar-refractivity contribution in [2.45, 2.75) is 24.7 Å². The topological polar surface area (TPSA) is 47.2 Å². The van der Waals surface area contributed by atoms with Crippen molar-refractivity contribution in [2.75, 3.05) is 6.26 Å². The summed E-state index contributed by atoms with van der Waals surface area (Å²) < 4.78 is 2.27. The maximum Gasteiger partial charge on any atom is 0.282 e. The highest BCUT2D eigenvalue weighted by Gasteiger charge is 2.10. The van der Waals surface area contributed by atoms with Gasteiger partial charge in [0.1, 0.15) is 5.82 Å². The number of nitrogens with zero attached hydrogens (tertiary/aromatic N) is 3. The molecule has 0 amide bonds. The minimum Gasteiger partial charge on any atom is -0.267 e. The maximum atomic E-state index is 12.9. The lowest BCUT2D eigenvalue weighted by Gasteiger charge is -2.08. The van der Waals surface area contributed by atoms with Gasteiger partial charge in [-0.3, -0.25) is 4.79 Å². The molecule has 25 heavy (non-hydrogen) atoms. The Morgan fingerprint density at radius 2 is 2.00 bits per heavy atom. The highest BCUT2D eigenvalue weighted by atomic mass is 79.9. The van der Waals surface area contributed by atoms with E-state index in [9.17, 15) is 4.79 Å². The van der Waals surface area contributed by atoms with Crippen LogP contribution in [0.1, 0.15) is 24.7 Å². The van der Waals surface area contributed by atoms with Gasteiger partial charge in [0.25, 0.3) is 5.56 Å². The Bertz CT molecular complexity index is 980. The van der Waals surface area contributed by atoms with Gasteiger partial charge in [0.2, 0.25) is 0 Å². The summed E-state index contributed by atoms with van der Waals surface area (Å²) in [4.78, 5) is 18.7. The minimum atomic E-state index is -0.147. The largest absolute Gasteiger partial charge is 0.282 e. The van der Waals surface area contributed by atoms with E-state index in [-0.39, 0.29) is 5.56 Å².